The Morgan fingerprint density at radius 1 is 0.475 bits per heavy atom. The summed E-state index contributed by atoms with van der Waals surface area (Å²) in [5.41, 5.74) is 2.89. The standard InChI is InChI=1S/C47H46N2O8P2S2/c1-33-21-29-37(30-22-33)60(50,51)48(58-54-43-17-9-5-13-39(43)40-14-6-10-18-44(40)55-58)36-27-25-35(26-28-36)47(3,4)49(61(52,53)38-31-23-34(2)24-32-38)59-56-45-19-11-7-15-41(45)42-16-8-12-20-46(42)57-59/h5-24,29-32,35-36H,25-28H2,1-4H3. The van der Waals surface area contributed by atoms with Gasteiger partial charge in [0.05, 0.1) is 9.79 Å². The first-order valence-electron chi connectivity index (χ1n) is 20.2. The Bertz CT molecular complexity index is 3100. The van der Waals surface area contributed by atoms with Crippen molar-refractivity contribution < 1.29 is 33.6 Å². The molecule has 0 unspecified atom stereocenters. The third kappa shape index (κ3) is 7.75. The summed E-state index contributed by atoms with van der Waals surface area (Å²) in [6, 6.07) is 43.4. The van der Waals surface area contributed by atoms with E-state index >= 15 is 8.42 Å². The maximum atomic E-state index is 15.2. The van der Waals surface area contributed by atoms with Crippen LogP contribution >= 0.6 is 16.3 Å². The molecule has 0 saturated heterocycles. The summed E-state index contributed by atoms with van der Waals surface area (Å²) in [6.45, 7) is 7.69. The zero-order valence-corrected chi connectivity index (χ0v) is 37.6. The van der Waals surface area contributed by atoms with E-state index in [1.165, 1.54) is 8.15 Å². The van der Waals surface area contributed by atoms with Crippen LogP contribution in [-0.2, 0) is 20.0 Å². The van der Waals surface area contributed by atoms with Crippen LogP contribution in [0.2, 0.25) is 0 Å². The molecule has 1 fully saturated rings. The summed E-state index contributed by atoms with van der Waals surface area (Å²) in [5, 5.41) is 3.23. The van der Waals surface area contributed by atoms with E-state index in [-0.39, 0.29) is 15.7 Å². The van der Waals surface area contributed by atoms with Gasteiger partial charge in [0.2, 0.25) is 0 Å². The molecule has 1 saturated carbocycles. The van der Waals surface area contributed by atoms with E-state index in [1.807, 2.05) is 125 Å². The molecule has 8 aromatic rings. The molecule has 0 atom stereocenters. The van der Waals surface area contributed by atoms with Gasteiger partial charge in [0.25, 0.3) is 20.0 Å². The molecule has 0 N–H and O–H groups in total. The number of hydrogen-bond acceptors (Lipinski definition) is 8. The fourth-order valence-electron chi connectivity index (χ4n) is 8.42. The average molecular weight is 893 g/mol. The molecule has 14 heteroatoms. The van der Waals surface area contributed by atoms with Crippen molar-refractivity contribution in [2.24, 2.45) is 5.92 Å². The summed E-state index contributed by atoms with van der Waals surface area (Å²) in [7, 11) is -13.0. The van der Waals surface area contributed by atoms with Crippen LogP contribution in [0.1, 0.15) is 50.7 Å². The maximum absolute atomic E-state index is 15.2. The predicted molar refractivity (Wildman–Crippen MR) is 246 cm³/mol. The normalized spacial score (nSPS) is 16.5. The molecular weight excluding hydrogens is 847 g/mol. The fourth-order valence-corrected chi connectivity index (χ4v) is 16.3. The van der Waals surface area contributed by atoms with Crippen LogP contribution in [0.4, 0.5) is 0 Å². The second-order valence-corrected chi connectivity index (χ2v) is 22.8. The zero-order chi connectivity index (χ0) is 42.5. The van der Waals surface area contributed by atoms with Crippen molar-refractivity contribution in [3.8, 4) is 0 Å². The Balaban J connectivity index is 1.16. The van der Waals surface area contributed by atoms with Gasteiger partial charge in [0.1, 0.15) is 22.3 Å². The molecule has 61 heavy (non-hydrogen) atoms. The van der Waals surface area contributed by atoms with E-state index in [0.29, 0.717) is 48.0 Å². The molecule has 1 aliphatic rings. The molecule has 1 aliphatic carbocycles. The summed E-state index contributed by atoms with van der Waals surface area (Å²) in [6.07, 6.45) is 1.81. The van der Waals surface area contributed by atoms with Crippen LogP contribution in [0, 0.1) is 19.8 Å². The molecule has 314 valence electrons. The number of para-hydroxylation sites is 4. The van der Waals surface area contributed by atoms with Crippen molar-refractivity contribution in [3.05, 3.63) is 157 Å². The smallest absolute Gasteiger partial charge is 0.325 e. The van der Waals surface area contributed by atoms with E-state index in [4.69, 9.17) is 16.8 Å². The molecule has 0 bridgehead atoms. The Kier molecular flexibility index (Phi) is 11.1. The molecule has 2 aromatic heterocycles. The van der Waals surface area contributed by atoms with Crippen LogP contribution < -0.4 is 8.15 Å². The van der Waals surface area contributed by atoms with E-state index in [9.17, 15) is 8.42 Å². The zero-order valence-electron chi connectivity index (χ0n) is 34.2. The number of rotatable bonds is 9. The molecule has 0 radical (unpaired) electrons. The van der Waals surface area contributed by atoms with Gasteiger partial charge in [-0.3, -0.25) is 0 Å². The highest BCUT2D eigenvalue weighted by atomic mass is 32.2. The summed E-state index contributed by atoms with van der Waals surface area (Å²) >= 11 is 0. The van der Waals surface area contributed by atoms with E-state index in [0.717, 1.165) is 32.7 Å². The van der Waals surface area contributed by atoms with Crippen molar-refractivity contribution in [1.82, 2.24) is 0 Å². The Morgan fingerprint density at radius 3 is 1.21 bits per heavy atom. The minimum Gasteiger partial charge on any atom is -0.407 e. The van der Waals surface area contributed by atoms with Crippen LogP contribution in [0.15, 0.2) is 172 Å². The highest BCUT2D eigenvalue weighted by molar-refractivity contribution is 7.98. The minimum atomic E-state index is -4.25. The maximum Gasteiger partial charge on any atom is 0.325 e. The van der Waals surface area contributed by atoms with Crippen molar-refractivity contribution in [2.75, 3.05) is 8.15 Å². The van der Waals surface area contributed by atoms with E-state index in [2.05, 4.69) is 0 Å². The van der Waals surface area contributed by atoms with Crippen LogP contribution in [0.3, 0.4) is 0 Å². The number of nitrogens with zero attached hydrogens (tertiary/aromatic N) is 2. The van der Waals surface area contributed by atoms with E-state index < -0.39 is 48.0 Å². The molecule has 2 heterocycles. The number of sulfonamides is 2. The van der Waals surface area contributed by atoms with Gasteiger partial charge in [-0.05, 0) is 108 Å². The Morgan fingerprint density at radius 2 is 0.820 bits per heavy atom. The average Bonchev–Trinajstić information content (AvgIpc) is 3.52. The second kappa shape index (κ2) is 16.3. The summed E-state index contributed by atoms with van der Waals surface area (Å²) in [5.74, 6) is -0.235. The van der Waals surface area contributed by atoms with Gasteiger partial charge in [0, 0.05) is 33.1 Å². The molecule has 10 nitrogen and oxygen atoms in total. The van der Waals surface area contributed by atoms with Gasteiger partial charge in [-0.2, -0.15) is 0 Å². The predicted octanol–water partition coefficient (Wildman–Crippen LogP) is 13.2. The molecule has 6 aromatic carbocycles. The van der Waals surface area contributed by atoms with Gasteiger partial charge in [-0.1, -0.05) is 116 Å². The Labute approximate surface area is 357 Å². The SMILES string of the molecule is Cc1ccc(S(=O)(=O)N(C2CCC(C(C)(C)N(p3oc4ccccc4c4ccccc4o3)S(=O)(=O)c3ccc(C)cc3)CC2)p2oc3ccccc3c3ccccc3o2)cc1. The van der Waals surface area contributed by atoms with Gasteiger partial charge in [0.15, 0.2) is 0 Å². The number of hydrogen-bond donors (Lipinski definition) is 0. The number of benzene rings is 6. The highest BCUT2D eigenvalue weighted by Gasteiger charge is 2.49. The summed E-state index contributed by atoms with van der Waals surface area (Å²) in [4.78, 5) is 0.268. The van der Waals surface area contributed by atoms with E-state index in [1.54, 1.807) is 48.5 Å². The summed E-state index contributed by atoms with van der Waals surface area (Å²) < 4.78 is 89.8. The van der Waals surface area contributed by atoms with Gasteiger partial charge < -0.3 is 16.8 Å². The van der Waals surface area contributed by atoms with Gasteiger partial charge in [-0.15, -0.1) is 0 Å². The number of aryl methyl sites for hydroxylation is 2. The van der Waals surface area contributed by atoms with Crippen LogP contribution in [0.5, 0.6) is 0 Å². The molecule has 0 amide bonds. The molecule has 0 aliphatic heterocycles. The molecule has 0 spiro atoms. The monoisotopic (exact) mass is 892 g/mol. The lowest BCUT2D eigenvalue weighted by atomic mass is 9.76. The van der Waals surface area contributed by atoms with Crippen LogP contribution in [0.25, 0.3) is 43.9 Å². The lowest BCUT2D eigenvalue weighted by molar-refractivity contribution is 0.233. The van der Waals surface area contributed by atoms with Crippen LogP contribution in [-0.4, -0.2) is 28.4 Å². The second-order valence-electron chi connectivity index (χ2n) is 16.1. The fraction of sp³-hybridized carbons (Fsp3) is 0.234. The van der Waals surface area contributed by atoms with Crippen molar-refractivity contribution in [3.63, 3.8) is 0 Å². The Hall–Kier alpha value is -5.06. The first kappa shape index (κ1) is 41.3. The quantitative estimate of drug-likeness (QED) is 0.140. The third-order valence-electron chi connectivity index (χ3n) is 11.8. The third-order valence-corrected chi connectivity index (χ3v) is 20.2. The van der Waals surface area contributed by atoms with Crippen molar-refractivity contribution >= 4 is 80.3 Å². The lowest BCUT2D eigenvalue weighted by Gasteiger charge is -2.44. The minimum absolute atomic E-state index is 0.127. The topological polar surface area (TPSA) is 127 Å². The van der Waals surface area contributed by atoms with Crippen molar-refractivity contribution in [2.45, 2.75) is 74.7 Å². The van der Waals surface area contributed by atoms with Gasteiger partial charge in [-0.25, -0.2) is 16.8 Å². The highest BCUT2D eigenvalue weighted by Crippen LogP contribution is 2.51. The molecule has 9 rings (SSSR count). The van der Waals surface area contributed by atoms with Crippen molar-refractivity contribution in [1.29, 1.82) is 0 Å². The lowest BCUT2D eigenvalue weighted by Crippen LogP contribution is -2.53. The first-order chi connectivity index (χ1) is 29.3. The number of fused-ring (bicyclic) bond motifs is 6. The first-order valence-corrected chi connectivity index (χ1v) is 25.4. The van der Waals surface area contributed by atoms with Gasteiger partial charge >= 0.3 is 16.3 Å². The molecular formula is C47H46N2O8P2S2. The largest absolute Gasteiger partial charge is 0.407 e.